The number of aryl methyl sites for hydroxylation is 1. The third-order valence-electron chi connectivity index (χ3n) is 5.02. The molecule has 0 spiro atoms. The molecule has 1 heterocycles. The summed E-state index contributed by atoms with van der Waals surface area (Å²) in [5.74, 6) is 2.26. The first-order chi connectivity index (χ1) is 14.1. The standard InChI is InChI=1S/C19H26N6O4S/c1-13-20-18(12-19(21-13)24(2)3)22-14-7-9-15(10-8-14)23-30(28,29)17-6-4-5-16(11-17)25(26)27/h4-6,11-12,14-15,23H,7-10H2,1-3H3,(H,20,21,22). The lowest BCUT2D eigenvalue weighted by Crippen LogP contribution is -2.40. The van der Waals surface area contributed by atoms with Crippen LogP contribution in [0.1, 0.15) is 31.5 Å². The summed E-state index contributed by atoms with van der Waals surface area (Å²) in [6, 6.07) is 6.96. The van der Waals surface area contributed by atoms with Crippen LogP contribution < -0.4 is 14.9 Å². The molecule has 0 unspecified atom stereocenters. The summed E-state index contributed by atoms with van der Waals surface area (Å²) in [6.45, 7) is 1.85. The first kappa shape index (κ1) is 21.9. The van der Waals surface area contributed by atoms with Crippen LogP contribution in [0, 0.1) is 17.0 Å². The van der Waals surface area contributed by atoms with Crippen LogP contribution in [-0.2, 0) is 10.0 Å². The van der Waals surface area contributed by atoms with Crippen LogP contribution >= 0.6 is 0 Å². The van der Waals surface area contributed by atoms with Gasteiger partial charge in [-0.1, -0.05) is 6.07 Å². The zero-order valence-corrected chi connectivity index (χ0v) is 18.0. The number of hydrogen-bond donors (Lipinski definition) is 2. The molecule has 1 aromatic heterocycles. The van der Waals surface area contributed by atoms with E-state index in [2.05, 4.69) is 20.0 Å². The van der Waals surface area contributed by atoms with E-state index >= 15 is 0 Å². The molecule has 162 valence electrons. The van der Waals surface area contributed by atoms with Crippen molar-refractivity contribution >= 4 is 27.3 Å². The fraction of sp³-hybridized carbons (Fsp3) is 0.474. The van der Waals surface area contributed by atoms with Gasteiger partial charge in [0.2, 0.25) is 10.0 Å². The first-order valence-corrected chi connectivity index (χ1v) is 11.2. The maximum Gasteiger partial charge on any atom is 0.270 e. The van der Waals surface area contributed by atoms with E-state index in [-0.39, 0.29) is 22.7 Å². The van der Waals surface area contributed by atoms with Crippen LogP contribution in [0.4, 0.5) is 17.3 Å². The van der Waals surface area contributed by atoms with Gasteiger partial charge >= 0.3 is 0 Å². The maximum absolute atomic E-state index is 12.6. The molecular formula is C19H26N6O4S. The lowest BCUT2D eigenvalue weighted by molar-refractivity contribution is -0.385. The average molecular weight is 435 g/mol. The van der Waals surface area contributed by atoms with Crippen molar-refractivity contribution in [3.05, 3.63) is 46.3 Å². The van der Waals surface area contributed by atoms with Crippen molar-refractivity contribution in [2.45, 2.75) is 49.6 Å². The molecule has 0 bridgehead atoms. The quantitative estimate of drug-likeness (QED) is 0.502. The van der Waals surface area contributed by atoms with Crippen molar-refractivity contribution in [1.82, 2.24) is 14.7 Å². The monoisotopic (exact) mass is 434 g/mol. The molecular weight excluding hydrogens is 408 g/mol. The number of nitrogens with zero attached hydrogens (tertiary/aromatic N) is 4. The number of non-ortho nitro benzene ring substituents is 1. The lowest BCUT2D eigenvalue weighted by atomic mass is 9.92. The number of rotatable bonds is 7. The van der Waals surface area contributed by atoms with E-state index in [0.29, 0.717) is 18.7 Å². The van der Waals surface area contributed by atoms with Crippen LogP contribution in [0.2, 0.25) is 0 Å². The van der Waals surface area contributed by atoms with Crippen molar-refractivity contribution < 1.29 is 13.3 Å². The fourth-order valence-corrected chi connectivity index (χ4v) is 4.82. The van der Waals surface area contributed by atoms with Gasteiger partial charge in [-0.3, -0.25) is 10.1 Å². The molecule has 1 saturated carbocycles. The zero-order chi connectivity index (χ0) is 21.9. The third kappa shape index (κ3) is 5.42. The number of nitrogens with one attached hydrogen (secondary N) is 2. The first-order valence-electron chi connectivity index (χ1n) is 9.70. The van der Waals surface area contributed by atoms with Crippen molar-refractivity contribution in [3.8, 4) is 0 Å². The second-order valence-corrected chi connectivity index (χ2v) is 9.34. The van der Waals surface area contributed by atoms with Crippen LogP contribution in [0.5, 0.6) is 0 Å². The van der Waals surface area contributed by atoms with E-state index < -0.39 is 14.9 Å². The van der Waals surface area contributed by atoms with Crippen molar-refractivity contribution in [2.24, 2.45) is 0 Å². The van der Waals surface area contributed by atoms with Crippen LogP contribution in [0.3, 0.4) is 0 Å². The number of anilines is 2. The highest BCUT2D eigenvalue weighted by Gasteiger charge is 2.27. The summed E-state index contributed by atoms with van der Waals surface area (Å²) in [4.78, 5) is 20.9. The molecule has 3 rings (SSSR count). The molecule has 11 heteroatoms. The second kappa shape index (κ2) is 8.92. The van der Waals surface area contributed by atoms with Gasteiger partial charge in [0.1, 0.15) is 17.5 Å². The van der Waals surface area contributed by atoms with Crippen LogP contribution in [-0.4, -0.2) is 49.5 Å². The maximum atomic E-state index is 12.6. The molecule has 0 radical (unpaired) electrons. The molecule has 2 N–H and O–H groups in total. The number of aromatic nitrogens is 2. The third-order valence-corrected chi connectivity index (χ3v) is 6.54. The predicted octanol–water partition coefficient (Wildman–Crippen LogP) is 2.46. The Kier molecular flexibility index (Phi) is 6.52. The van der Waals surface area contributed by atoms with E-state index in [0.717, 1.165) is 30.5 Å². The van der Waals surface area contributed by atoms with Crippen molar-refractivity contribution in [1.29, 1.82) is 0 Å². The molecule has 10 nitrogen and oxygen atoms in total. The van der Waals surface area contributed by atoms with Gasteiger partial charge < -0.3 is 10.2 Å². The SMILES string of the molecule is Cc1nc(NC2CCC(NS(=O)(=O)c3cccc([N+](=O)[O-])c3)CC2)cc(N(C)C)n1. The molecule has 2 aromatic rings. The molecule has 1 aliphatic carbocycles. The second-order valence-electron chi connectivity index (χ2n) is 7.62. The largest absolute Gasteiger partial charge is 0.367 e. The Balaban J connectivity index is 1.59. The smallest absolute Gasteiger partial charge is 0.270 e. The van der Waals surface area contributed by atoms with Gasteiger partial charge in [0.05, 0.1) is 9.82 Å². The van der Waals surface area contributed by atoms with Crippen molar-refractivity contribution in [2.75, 3.05) is 24.3 Å². The number of nitro groups is 1. The summed E-state index contributed by atoms with van der Waals surface area (Å²) >= 11 is 0. The highest BCUT2D eigenvalue weighted by Crippen LogP contribution is 2.25. The molecule has 0 aliphatic heterocycles. The Morgan fingerprint density at radius 1 is 1.10 bits per heavy atom. The molecule has 1 aromatic carbocycles. The zero-order valence-electron chi connectivity index (χ0n) is 17.2. The lowest BCUT2D eigenvalue weighted by Gasteiger charge is -2.30. The fourth-order valence-electron chi connectivity index (χ4n) is 3.47. The van der Waals surface area contributed by atoms with Gasteiger partial charge in [0.15, 0.2) is 0 Å². The van der Waals surface area contributed by atoms with E-state index in [1.807, 2.05) is 32.0 Å². The van der Waals surface area contributed by atoms with E-state index in [9.17, 15) is 18.5 Å². The van der Waals surface area contributed by atoms with Crippen LogP contribution in [0.15, 0.2) is 35.2 Å². The van der Waals surface area contributed by atoms with Gasteiger partial charge in [-0.05, 0) is 38.7 Å². The highest BCUT2D eigenvalue weighted by atomic mass is 32.2. The van der Waals surface area contributed by atoms with Gasteiger partial charge in [-0.2, -0.15) is 0 Å². The average Bonchev–Trinajstić information content (AvgIpc) is 2.69. The molecule has 0 atom stereocenters. The summed E-state index contributed by atoms with van der Waals surface area (Å²) in [7, 11) is 0.0277. The number of benzene rings is 1. The predicted molar refractivity (Wildman–Crippen MR) is 114 cm³/mol. The van der Waals surface area contributed by atoms with Gasteiger partial charge in [0.25, 0.3) is 5.69 Å². The number of nitro benzene ring substituents is 1. The topological polar surface area (TPSA) is 130 Å². The van der Waals surface area contributed by atoms with Gasteiger partial charge in [-0.15, -0.1) is 0 Å². The minimum absolute atomic E-state index is 0.0929. The van der Waals surface area contributed by atoms with Crippen molar-refractivity contribution in [3.63, 3.8) is 0 Å². The molecule has 1 aliphatic rings. The van der Waals surface area contributed by atoms with Crippen LogP contribution in [0.25, 0.3) is 0 Å². The van der Waals surface area contributed by atoms with Gasteiger partial charge in [-0.25, -0.2) is 23.1 Å². The molecule has 0 saturated heterocycles. The summed E-state index contributed by atoms with van der Waals surface area (Å²) in [6.07, 6.45) is 2.89. The summed E-state index contributed by atoms with van der Waals surface area (Å²) < 4.78 is 27.9. The number of sulfonamides is 1. The Bertz CT molecular complexity index is 1020. The molecule has 0 amide bonds. The Labute approximate surface area is 175 Å². The highest BCUT2D eigenvalue weighted by molar-refractivity contribution is 7.89. The minimum atomic E-state index is -3.81. The normalized spacial score (nSPS) is 19.3. The van der Waals surface area contributed by atoms with E-state index in [1.165, 1.54) is 18.2 Å². The molecule has 30 heavy (non-hydrogen) atoms. The van der Waals surface area contributed by atoms with E-state index in [4.69, 9.17) is 0 Å². The Hall–Kier alpha value is -2.79. The Morgan fingerprint density at radius 3 is 2.40 bits per heavy atom. The minimum Gasteiger partial charge on any atom is -0.367 e. The van der Waals surface area contributed by atoms with E-state index in [1.54, 1.807) is 0 Å². The number of hydrogen-bond acceptors (Lipinski definition) is 8. The summed E-state index contributed by atoms with van der Waals surface area (Å²) in [5, 5.41) is 14.3. The van der Waals surface area contributed by atoms with Gasteiger partial charge in [0, 0.05) is 44.4 Å². The molecule has 1 fully saturated rings. The Morgan fingerprint density at radius 2 is 1.77 bits per heavy atom. The summed E-state index contributed by atoms with van der Waals surface area (Å²) in [5.41, 5.74) is -0.247.